The summed E-state index contributed by atoms with van der Waals surface area (Å²) in [5.41, 5.74) is -0.180. The highest BCUT2D eigenvalue weighted by Gasteiger charge is 2.38. The van der Waals surface area contributed by atoms with E-state index in [-0.39, 0.29) is 23.4 Å². The lowest BCUT2D eigenvalue weighted by molar-refractivity contribution is -0.157. The van der Waals surface area contributed by atoms with Crippen molar-refractivity contribution in [3.05, 3.63) is 0 Å². The number of carbonyl (C=O) groups is 1. The van der Waals surface area contributed by atoms with Gasteiger partial charge in [0.2, 0.25) is 0 Å². The van der Waals surface area contributed by atoms with E-state index in [9.17, 15) is 10.1 Å². The fourth-order valence-corrected chi connectivity index (χ4v) is 5.18. The molecule has 2 fully saturated rings. The number of ether oxygens (including phenoxy) is 1. The molecule has 2 aliphatic carbocycles. The largest absolute Gasteiger partial charge is 0.462 e. The van der Waals surface area contributed by atoms with Gasteiger partial charge in [-0.25, -0.2) is 0 Å². The Kier molecular flexibility index (Phi) is 10.4. The van der Waals surface area contributed by atoms with E-state index in [0.717, 1.165) is 57.3 Å². The van der Waals surface area contributed by atoms with Gasteiger partial charge in [-0.2, -0.15) is 5.26 Å². The third-order valence-electron chi connectivity index (χ3n) is 7.31. The van der Waals surface area contributed by atoms with Gasteiger partial charge in [0, 0.05) is 0 Å². The molecule has 0 atom stereocenters. The molecule has 0 aromatic heterocycles. The molecular formula is C25H43NO2. The molecule has 0 unspecified atom stereocenters. The lowest BCUT2D eigenvalue weighted by Crippen LogP contribution is -2.33. The van der Waals surface area contributed by atoms with Gasteiger partial charge in [0.05, 0.1) is 17.4 Å². The normalized spacial score (nSPS) is 30.5. The van der Waals surface area contributed by atoms with E-state index >= 15 is 0 Å². The second kappa shape index (κ2) is 12.5. The number of esters is 1. The van der Waals surface area contributed by atoms with E-state index in [4.69, 9.17) is 4.74 Å². The summed E-state index contributed by atoms with van der Waals surface area (Å²) >= 11 is 0. The maximum absolute atomic E-state index is 12.6. The Labute approximate surface area is 173 Å². The van der Waals surface area contributed by atoms with E-state index in [1.807, 2.05) is 0 Å². The van der Waals surface area contributed by atoms with Gasteiger partial charge >= 0.3 is 5.97 Å². The van der Waals surface area contributed by atoms with E-state index < -0.39 is 0 Å². The van der Waals surface area contributed by atoms with Crippen molar-refractivity contribution in [2.24, 2.45) is 17.3 Å². The fourth-order valence-electron chi connectivity index (χ4n) is 5.18. The first-order valence-electron chi connectivity index (χ1n) is 12.2. The molecule has 2 saturated carbocycles. The number of nitrogens with zero attached hydrogens (tertiary/aromatic N) is 1. The number of hydrogen-bond donors (Lipinski definition) is 0. The van der Waals surface area contributed by atoms with Crippen LogP contribution in [-0.4, -0.2) is 12.1 Å². The van der Waals surface area contributed by atoms with Crippen LogP contribution in [0.15, 0.2) is 0 Å². The van der Waals surface area contributed by atoms with Gasteiger partial charge in [-0.15, -0.1) is 0 Å². The van der Waals surface area contributed by atoms with Gasteiger partial charge in [0.25, 0.3) is 0 Å². The quantitative estimate of drug-likeness (QED) is 0.274. The second-order valence-electron chi connectivity index (χ2n) is 9.55. The molecular weight excluding hydrogens is 346 g/mol. The molecule has 2 aliphatic rings. The van der Waals surface area contributed by atoms with Crippen LogP contribution < -0.4 is 0 Å². The molecule has 0 saturated heterocycles. The lowest BCUT2D eigenvalue weighted by atomic mass is 9.69. The van der Waals surface area contributed by atoms with Crippen LogP contribution in [-0.2, 0) is 9.53 Å². The highest BCUT2D eigenvalue weighted by atomic mass is 16.5. The van der Waals surface area contributed by atoms with Crippen molar-refractivity contribution in [3.8, 4) is 6.07 Å². The second-order valence-corrected chi connectivity index (χ2v) is 9.55. The molecule has 0 amide bonds. The number of carbonyl (C=O) groups excluding carboxylic acids is 1. The van der Waals surface area contributed by atoms with Crippen LogP contribution in [0.4, 0.5) is 0 Å². The molecule has 2 rings (SSSR count). The van der Waals surface area contributed by atoms with E-state index in [2.05, 4.69) is 19.9 Å². The molecule has 160 valence electrons. The minimum absolute atomic E-state index is 0.0199. The Balaban J connectivity index is 1.67. The molecule has 0 radical (unpaired) electrons. The zero-order valence-electron chi connectivity index (χ0n) is 18.5. The first kappa shape index (κ1) is 23.2. The average molecular weight is 390 g/mol. The van der Waals surface area contributed by atoms with Crippen LogP contribution in [0, 0.1) is 28.6 Å². The number of hydrogen-bond acceptors (Lipinski definition) is 3. The molecule has 0 aromatic rings. The summed E-state index contributed by atoms with van der Waals surface area (Å²) in [5, 5.41) is 9.75. The van der Waals surface area contributed by atoms with Crippen LogP contribution in [0.25, 0.3) is 0 Å². The summed E-state index contributed by atoms with van der Waals surface area (Å²) in [6.45, 7) is 4.49. The Bertz CT molecular complexity index is 479. The Morgan fingerprint density at radius 2 is 1.57 bits per heavy atom. The molecule has 0 aliphatic heterocycles. The molecule has 28 heavy (non-hydrogen) atoms. The van der Waals surface area contributed by atoms with Gasteiger partial charge in [-0.05, 0) is 63.7 Å². The average Bonchev–Trinajstić information content (AvgIpc) is 2.73. The van der Waals surface area contributed by atoms with Gasteiger partial charge in [0.15, 0.2) is 0 Å². The van der Waals surface area contributed by atoms with Crippen molar-refractivity contribution < 1.29 is 9.53 Å². The minimum Gasteiger partial charge on any atom is -0.462 e. The zero-order valence-corrected chi connectivity index (χ0v) is 18.5. The maximum Gasteiger partial charge on any atom is 0.309 e. The van der Waals surface area contributed by atoms with Crippen molar-refractivity contribution in [1.82, 2.24) is 0 Å². The van der Waals surface area contributed by atoms with Crippen molar-refractivity contribution in [2.45, 2.75) is 129 Å². The van der Waals surface area contributed by atoms with E-state index in [0.29, 0.717) is 0 Å². The van der Waals surface area contributed by atoms with Crippen molar-refractivity contribution in [2.75, 3.05) is 0 Å². The third kappa shape index (κ3) is 7.41. The van der Waals surface area contributed by atoms with Crippen molar-refractivity contribution >= 4 is 5.97 Å². The monoisotopic (exact) mass is 389 g/mol. The molecule has 0 N–H and O–H groups in total. The Morgan fingerprint density at radius 1 is 0.929 bits per heavy atom. The summed E-state index contributed by atoms with van der Waals surface area (Å²) in [4.78, 5) is 12.6. The SMILES string of the molecule is CCCCCCC[C@]1(C#N)CC[C@@H](C(=O)O[C@H]2CC[C@H](CCCC)CC2)CC1. The van der Waals surface area contributed by atoms with Crippen LogP contribution in [0.5, 0.6) is 0 Å². The molecule has 0 aromatic carbocycles. The highest BCUT2D eigenvalue weighted by molar-refractivity contribution is 5.72. The molecule has 3 nitrogen and oxygen atoms in total. The van der Waals surface area contributed by atoms with Crippen LogP contribution >= 0.6 is 0 Å². The predicted molar refractivity (Wildman–Crippen MR) is 115 cm³/mol. The van der Waals surface area contributed by atoms with Gasteiger partial charge in [-0.1, -0.05) is 65.2 Å². The number of rotatable bonds is 11. The van der Waals surface area contributed by atoms with E-state index in [1.165, 1.54) is 57.8 Å². The van der Waals surface area contributed by atoms with Crippen LogP contribution in [0.1, 0.15) is 123 Å². The van der Waals surface area contributed by atoms with Crippen molar-refractivity contribution in [3.63, 3.8) is 0 Å². The topological polar surface area (TPSA) is 50.1 Å². The summed E-state index contributed by atoms with van der Waals surface area (Å²) in [6.07, 6.45) is 19.3. The smallest absolute Gasteiger partial charge is 0.309 e. The lowest BCUT2D eigenvalue weighted by Gasteiger charge is -2.35. The van der Waals surface area contributed by atoms with E-state index in [1.54, 1.807) is 0 Å². The summed E-state index contributed by atoms with van der Waals surface area (Å²) in [7, 11) is 0. The van der Waals surface area contributed by atoms with Crippen LogP contribution in [0.2, 0.25) is 0 Å². The third-order valence-corrected chi connectivity index (χ3v) is 7.31. The number of unbranched alkanes of at least 4 members (excludes halogenated alkanes) is 5. The zero-order chi connectivity index (χ0) is 20.2. The predicted octanol–water partition coefficient (Wildman–Crippen LogP) is 7.34. The first-order valence-corrected chi connectivity index (χ1v) is 12.2. The standard InChI is InChI=1S/C25H43NO2/c1-3-5-7-8-9-17-25(20-26)18-15-22(16-19-25)24(27)28-23-13-11-21(12-14-23)10-6-4-2/h21-23H,3-19H2,1-2H3/t21-,22-,23-,25+. The minimum atomic E-state index is -0.180. The summed E-state index contributed by atoms with van der Waals surface area (Å²) in [6, 6.07) is 2.62. The van der Waals surface area contributed by atoms with Gasteiger partial charge < -0.3 is 4.74 Å². The first-order chi connectivity index (χ1) is 13.6. The number of nitriles is 1. The van der Waals surface area contributed by atoms with Gasteiger partial charge in [0.1, 0.15) is 6.10 Å². The Hall–Kier alpha value is -1.04. The summed E-state index contributed by atoms with van der Waals surface area (Å²) in [5.74, 6) is 0.893. The molecule has 0 bridgehead atoms. The molecule has 0 spiro atoms. The molecule has 3 heteroatoms. The summed E-state index contributed by atoms with van der Waals surface area (Å²) < 4.78 is 5.89. The molecule has 0 heterocycles. The van der Waals surface area contributed by atoms with Crippen LogP contribution in [0.3, 0.4) is 0 Å². The van der Waals surface area contributed by atoms with Crippen molar-refractivity contribution in [1.29, 1.82) is 5.26 Å². The maximum atomic E-state index is 12.6. The fraction of sp³-hybridized carbons (Fsp3) is 0.920. The van der Waals surface area contributed by atoms with Gasteiger partial charge in [-0.3, -0.25) is 4.79 Å². The highest BCUT2D eigenvalue weighted by Crippen LogP contribution is 2.43. The Morgan fingerprint density at radius 3 is 2.18 bits per heavy atom.